The molecule has 0 aliphatic carbocycles. The Hall–Kier alpha value is -1.67. The number of thiophene rings is 1. The van der Waals surface area contributed by atoms with Gasteiger partial charge in [0.1, 0.15) is 16.2 Å². The molecule has 8 heteroatoms. The molecular formula is C14H17N3O3S2. The summed E-state index contributed by atoms with van der Waals surface area (Å²) in [4.78, 5) is 34.7. The smallest absolute Gasteiger partial charge is 0.305 e. The van der Waals surface area contributed by atoms with E-state index in [1.54, 1.807) is 18.4 Å². The summed E-state index contributed by atoms with van der Waals surface area (Å²) in [5, 5.41) is 10.5. The molecule has 2 rings (SSSR count). The number of carbonyl (C=O) groups excluding carboxylic acids is 1. The maximum absolute atomic E-state index is 12.0. The van der Waals surface area contributed by atoms with Gasteiger partial charge in [-0.2, -0.15) is 0 Å². The maximum Gasteiger partial charge on any atom is 0.305 e. The highest BCUT2D eigenvalue weighted by atomic mass is 32.2. The Kier molecular flexibility index (Phi) is 5.36. The van der Waals surface area contributed by atoms with Crippen molar-refractivity contribution in [1.29, 1.82) is 0 Å². The molecule has 2 aromatic heterocycles. The van der Waals surface area contributed by atoms with Gasteiger partial charge in [-0.3, -0.25) is 9.59 Å². The molecule has 2 heterocycles. The molecule has 0 saturated carbocycles. The van der Waals surface area contributed by atoms with Crippen LogP contribution in [0.4, 0.5) is 0 Å². The van der Waals surface area contributed by atoms with E-state index in [0.29, 0.717) is 0 Å². The summed E-state index contributed by atoms with van der Waals surface area (Å²) in [6, 6.07) is 0. The molecule has 0 aromatic carbocycles. The van der Waals surface area contributed by atoms with Gasteiger partial charge in [0, 0.05) is 23.9 Å². The summed E-state index contributed by atoms with van der Waals surface area (Å²) in [6.07, 6.45) is 1.46. The Morgan fingerprint density at radius 3 is 2.77 bits per heavy atom. The lowest BCUT2D eigenvalue weighted by Crippen LogP contribution is -2.30. The topological polar surface area (TPSA) is 83.4 Å². The summed E-state index contributed by atoms with van der Waals surface area (Å²) in [5.74, 6) is -0.784. The van der Waals surface area contributed by atoms with Crippen LogP contribution in [-0.4, -0.2) is 51.2 Å². The van der Waals surface area contributed by atoms with E-state index in [2.05, 4.69) is 9.97 Å². The highest BCUT2D eigenvalue weighted by molar-refractivity contribution is 8.00. The van der Waals surface area contributed by atoms with Gasteiger partial charge in [0.25, 0.3) is 0 Å². The standard InChI is InChI=1S/C14H17N3O3S2/c1-8-9(2)22-14-12(8)13(15-7-16-14)21-6-10(18)17(3)5-4-11(19)20/h7H,4-6H2,1-3H3,(H,19,20). The lowest BCUT2D eigenvalue weighted by atomic mass is 10.2. The fourth-order valence-electron chi connectivity index (χ4n) is 1.89. The quantitative estimate of drug-likeness (QED) is 0.642. The molecule has 0 atom stereocenters. The lowest BCUT2D eigenvalue weighted by molar-refractivity contribution is -0.137. The third kappa shape index (κ3) is 3.75. The van der Waals surface area contributed by atoms with Crippen molar-refractivity contribution in [3.8, 4) is 0 Å². The van der Waals surface area contributed by atoms with Crippen LogP contribution in [0.5, 0.6) is 0 Å². The van der Waals surface area contributed by atoms with Crippen LogP contribution >= 0.6 is 23.1 Å². The molecule has 0 aliphatic heterocycles. The third-order valence-electron chi connectivity index (χ3n) is 3.35. The number of fused-ring (bicyclic) bond motifs is 1. The first-order valence-electron chi connectivity index (χ1n) is 6.69. The van der Waals surface area contributed by atoms with E-state index in [1.165, 1.54) is 27.9 Å². The van der Waals surface area contributed by atoms with Gasteiger partial charge in [-0.25, -0.2) is 9.97 Å². The molecule has 0 fully saturated rings. The first-order valence-corrected chi connectivity index (χ1v) is 8.49. The summed E-state index contributed by atoms with van der Waals surface area (Å²) in [6.45, 7) is 4.29. The second-order valence-corrected chi connectivity index (χ2v) is 7.06. The molecule has 6 nitrogen and oxygen atoms in total. The van der Waals surface area contributed by atoms with Gasteiger partial charge >= 0.3 is 5.97 Å². The van der Waals surface area contributed by atoms with Gasteiger partial charge in [-0.05, 0) is 19.4 Å². The largest absolute Gasteiger partial charge is 0.481 e. The van der Waals surface area contributed by atoms with Crippen LogP contribution in [0.3, 0.4) is 0 Å². The van der Waals surface area contributed by atoms with E-state index in [0.717, 1.165) is 20.8 Å². The highest BCUT2D eigenvalue weighted by Crippen LogP contribution is 2.34. The van der Waals surface area contributed by atoms with Crippen LogP contribution in [-0.2, 0) is 9.59 Å². The first-order chi connectivity index (χ1) is 10.4. The minimum atomic E-state index is -0.908. The zero-order chi connectivity index (χ0) is 16.3. The highest BCUT2D eigenvalue weighted by Gasteiger charge is 2.15. The van der Waals surface area contributed by atoms with E-state index in [9.17, 15) is 9.59 Å². The Balaban J connectivity index is 2.05. The van der Waals surface area contributed by atoms with Crippen molar-refractivity contribution in [1.82, 2.24) is 14.9 Å². The van der Waals surface area contributed by atoms with Crippen molar-refractivity contribution in [3.05, 3.63) is 16.8 Å². The average Bonchev–Trinajstić information content (AvgIpc) is 2.77. The summed E-state index contributed by atoms with van der Waals surface area (Å²) in [5.41, 5.74) is 1.15. The second-order valence-electron chi connectivity index (χ2n) is 4.89. The van der Waals surface area contributed by atoms with Crippen LogP contribution in [0.1, 0.15) is 16.9 Å². The van der Waals surface area contributed by atoms with Crippen LogP contribution < -0.4 is 0 Å². The number of hydrogen-bond acceptors (Lipinski definition) is 6. The van der Waals surface area contributed by atoms with E-state index in [4.69, 9.17) is 5.11 Å². The molecule has 0 aliphatic rings. The number of carbonyl (C=O) groups is 2. The third-order valence-corrected chi connectivity index (χ3v) is 5.44. The predicted molar refractivity (Wildman–Crippen MR) is 87.5 cm³/mol. The van der Waals surface area contributed by atoms with E-state index < -0.39 is 5.97 Å². The van der Waals surface area contributed by atoms with Gasteiger partial charge < -0.3 is 10.0 Å². The molecule has 1 N–H and O–H groups in total. The first kappa shape index (κ1) is 16.7. The number of hydrogen-bond donors (Lipinski definition) is 1. The van der Waals surface area contributed by atoms with Crippen molar-refractivity contribution < 1.29 is 14.7 Å². The predicted octanol–water partition coefficient (Wildman–Crippen LogP) is 2.33. The summed E-state index contributed by atoms with van der Waals surface area (Å²) in [7, 11) is 1.61. The Labute approximate surface area is 136 Å². The fourth-order valence-corrected chi connectivity index (χ4v) is 3.95. The van der Waals surface area contributed by atoms with Gasteiger partial charge in [-0.15, -0.1) is 11.3 Å². The van der Waals surface area contributed by atoms with E-state index in [1.807, 2.05) is 13.8 Å². The van der Waals surface area contributed by atoms with Crippen molar-refractivity contribution in [2.24, 2.45) is 0 Å². The van der Waals surface area contributed by atoms with Crippen molar-refractivity contribution in [3.63, 3.8) is 0 Å². The zero-order valence-corrected chi connectivity index (χ0v) is 14.3. The van der Waals surface area contributed by atoms with Crippen molar-refractivity contribution in [2.75, 3.05) is 19.3 Å². The van der Waals surface area contributed by atoms with Crippen LogP contribution in [0.2, 0.25) is 0 Å². The van der Waals surface area contributed by atoms with E-state index >= 15 is 0 Å². The molecule has 0 unspecified atom stereocenters. The van der Waals surface area contributed by atoms with Crippen LogP contribution in [0, 0.1) is 13.8 Å². The second kappa shape index (κ2) is 7.06. The van der Waals surface area contributed by atoms with Crippen molar-refractivity contribution >= 4 is 45.2 Å². The monoisotopic (exact) mass is 339 g/mol. The Bertz CT molecular complexity index is 715. The molecule has 0 spiro atoms. The minimum Gasteiger partial charge on any atom is -0.481 e. The summed E-state index contributed by atoms with van der Waals surface area (Å²) < 4.78 is 0. The number of aromatic nitrogens is 2. The number of nitrogens with zero attached hydrogens (tertiary/aromatic N) is 3. The molecule has 0 bridgehead atoms. The lowest BCUT2D eigenvalue weighted by Gasteiger charge is -2.15. The number of carboxylic acids is 1. The molecule has 22 heavy (non-hydrogen) atoms. The fraction of sp³-hybridized carbons (Fsp3) is 0.429. The van der Waals surface area contributed by atoms with Crippen LogP contribution in [0.15, 0.2) is 11.4 Å². The Morgan fingerprint density at radius 2 is 2.09 bits per heavy atom. The summed E-state index contributed by atoms with van der Waals surface area (Å²) >= 11 is 2.98. The molecule has 1 amide bonds. The van der Waals surface area contributed by atoms with E-state index in [-0.39, 0.29) is 24.6 Å². The SMILES string of the molecule is Cc1sc2ncnc(SCC(=O)N(C)CCC(=O)O)c2c1C. The molecule has 0 saturated heterocycles. The number of aryl methyl sites for hydroxylation is 2. The average molecular weight is 339 g/mol. The molecule has 2 aromatic rings. The number of aliphatic carboxylic acids is 1. The van der Waals surface area contributed by atoms with Gasteiger partial charge in [0.15, 0.2) is 0 Å². The number of carboxylic acid groups (broad SMARTS) is 1. The maximum atomic E-state index is 12.0. The number of thioether (sulfide) groups is 1. The minimum absolute atomic E-state index is 0.0481. The van der Waals surface area contributed by atoms with Crippen molar-refractivity contribution in [2.45, 2.75) is 25.3 Å². The van der Waals surface area contributed by atoms with Crippen LogP contribution in [0.25, 0.3) is 10.2 Å². The molecule has 0 radical (unpaired) electrons. The zero-order valence-electron chi connectivity index (χ0n) is 12.6. The molecule has 118 valence electrons. The normalized spacial score (nSPS) is 10.9. The number of rotatable bonds is 6. The van der Waals surface area contributed by atoms with Gasteiger partial charge in [0.05, 0.1) is 12.2 Å². The molecular weight excluding hydrogens is 322 g/mol. The van der Waals surface area contributed by atoms with Gasteiger partial charge in [-0.1, -0.05) is 11.8 Å². The Morgan fingerprint density at radius 1 is 1.36 bits per heavy atom. The number of amides is 1. The van der Waals surface area contributed by atoms with Gasteiger partial charge in [0.2, 0.25) is 5.91 Å².